The Kier molecular flexibility index (Phi) is 5.22. The van der Waals surface area contributed by atoms with Crippen LogP contribution in [0.1, 0.15) is 39.5 Å². The van der Waals surface area contributed by atoms with Gasteiger partial charge in [0.2, 0.25) is 5.91 Å². The van der Waals surface area contributed by atoms with E-state index in [1.807, 2.05) is 13.8 Å². The quantitative estimate of drug-likeness (QED) is 0.646. The SMILES string of the molecule is CC(C)C(N)C(O)C(=O)NCC1CCCC1. The minimum absolute atomic E-state index is 0.104. The smallest absolute Gasteiger partial charge is 0.250 e. The normalized spacial score (nSPS) is 21.1. The second kappa shape index (κ2) is 6.21. The maximum absolute atomic E-state index is 11.6. The van der Waals surface area contributed by atoms with Crippen LogP contribution in [0.25, 0.3) is 0 Å². The van der Waals surface area contributed by atoms with E-state index in [9.17, 15) is 9.90 Å². The predicted octanol–water partition coefficient (Wildman–Crippen LogP) is 0.637. The minimum atomic E-state index is -1.08. The molecule has 4 heteroatoms. The van der Waals surface area contributed by atoms with Crippen molar-refractivity contribution in [2.45, 2.75) is 51.7 Å². The molecule has 1 saturated carbocycles. The highest BCUT2D eigenvalue weighted by atomic mass is 16.3. The molecule has 2 unspecified atom stereocenters. The first-order chi connectivity index (χ1) is 7.52. The van der Waals surface area contributed by atoms with Gasteiger partial charge in [0.25, 0.3) is 0 Å². The highest BCUT2D eigenvalue weighted by molar-refractivity contribution is 5.81. The van der Waals surface area contributed by atoms with Crippen molar-refractivity contribution in [3.8, 4) is 0 Å². The first-order valence-electron chi connectivity index (χ1n) is 6.23. The third kappa shape index (κ3) is 3.76. The van der Waals surface area contributed by atoms with Gasteiger partial charge in [-0.15, -0.1) is 0 Å². The van der Waals surface area contributed by atoms with E-state index in [0.717, 1.165) is 0 Å². The predicted molar refractivity (Wildman–Crippen MR) is 63.8 cm³/mol. The number of hydrogen-bond acceptors (Lipinski definition) is 3. The van der Waals surface area contributed by atoms with Crippen LogP contribution in [-0.2, 0) is 4.79 Å². The van der Waals surface area contributed by atoms with Crippen LogP contribution < -0.4 is 11.1 Å². The standard InChI is InChI=1S/C12H24N2O2/c1-8(2)10(13)11(15)12(16)14-7-9-5-3-4-6-9/h8-11,15H,3-7,13H2,1-2H3,(H,14,16). The molecule has 1 aliphatic rings. The van der Waals surface area contributed by atoms with Crippen molar-refractivity contribution in [2.24, 2.45) is 17.6 Å². The molecule has 0 saturated heterocycles. The molecule has 1 aliphatic carbocycles. The summed E-state index contributed by atoms with van der Waals surface area (Å²) in [5.41, 5.74) is 5.73. The van der Waals surface area contributed by atoms with Crippen LogP contribution in [0, 0.1) is 11.8 Å². The van der Waals surface area contributed by atoms with Crippen LogP contribution in [0.3, 0.4) is 0 Å². The highest BCUT2D eigenvalue weighted by Gasteiger charge is 2.26. The summed E-state index contributed by atoms with van der Waals surface area (Å²) in [4.78, 5) is 11.6. The Morgan fingerprint density at radius 1 is 1.44 bits per heavy atom. The van der Waals surface area contributed by atoms with Gasteiger partial charge in [0.15, 0.2) is 0 Å². The van der Waals surface area contributed by atoms with E-state index in [4.69, 9.17) is 5.73 Å². The summed E-state index contributed by atoms with van der Waals surface area (Å²) in [5.74, 6) is 0.367. The van der Waals surface area contributed by atoms with Gasteiger partial charge in [-0.1, -0.05) is 26.7 Å². The van der Waals surface area contributed by atoms with Crippen molar-refractivity contribution in [1.29, 1.82) is 0 Å². The van der Waals surface area contributed by atoms with Crippen LogP contribution >= 0.6 is 0 Å². The fourth-order valence-electron chi connectivity index (χ4n) is 2.10. The number of carbonyl (C=O) groups excluding carboxylic acids is 1. The summed E-state index contributed by atoms with van der Waals surface area (Å²) in [6.07, 6.45) is 3.81. The van der Waals surface area contributed by atoms with Gasteiger partial charge in [-0.3, -0.25) is 4.79 Å². The molecule has 0 aromatic heterocycles. The Labute approximate surface area is 97.6 Å². The van der Waals surface area contributed by atoms with Crippen molar-refractivity contribution in [3.63, 3.8) is 0 Å². The number of nitrogens with one attached hydrogen (secondary N) is 1. The van der Waals surface area contributed by atoms with E-state index in [0.29, 0.717) is 12.5 Å². The molecule has 4 N–H and O–H groups in total. The Morgan fingerprint density at radius 2 is 2.00 bits per heavy atom. The highest BCUT2D eigenvalue weighted by Crippen LogP contribution is 2.23. The fraction of sp³-hybridized carbons (Fsp3) is 0.917. The summed E-state index contributed by atoms with van der Waals surface area (Å²) in [5, 5.41) is 12.5. The van der Waals surface area contributed by atoms with Crippen molar-refractivity contribution < 1.29 is 9.90 Å². The Morgan fingerprint density at radius 3 is 2.50 bits per heavy atom. The van der Waals surface area contributed by atoms with Gasteiger partial charge in [0, 0.05) is 12.6 Å². The Hall–Kier alpha value is -0.610. The lowest BCUT2D eigenvalue weighted by atomic mass is 9.99. The second-order valence-corrected chi connectivity index (χ2v) is 5.16. The lowest BCUT2D eigenvalue weighted by molar-refractivity contribution is -0.131. The van der Waals surface area contributed by atoms with E-state index in [-0.39, 0.29) is 11.8 Å². The fourth-order valence-corrected chi connectivity index (χ4v) is 2.10. The van der Waals surface area contributed by atoms with Crippen molar-refractivity contribution >= 4 is 5.91 Å². The van der Waals surface area contributed by atoms with Crippen LogP contribution in [0.5, 0.6) is 0 Å². The Bertz CT molecular complexity index is 225. The summed E-state index contributed by atoms with van der Waals surface area (Å²) in [6, 6.07) is -0.483. The van der Waals surface area contributed by atoms with Gasteiger partial charge in [-0.2, -0.15) is 0 Å². The molecule has 1 rings (SSSR count). The number of aliphatic hydroxyl groups excluding tert-OH is 1. The minimum Gasteiger partial charge on any atom is -0.382 e. The number of hydrogen-bond donors (Lipinski definition) is 3. The number of carbonyl (C=O) groups is 1. The van der Waals surface area contributed by atoms with E-state index in [1.54, 1.807) is 0 Å². The molecule has 1 fully saturated rings. The Balaban J connectivity index is 2.27. The van der Waals surface area contributed by atoms with Gasteiger partial charge in [-0.05, 0) is 24.7 Å². The average molecular weight is 228 g/mol. The first-order valence-corrected chi connectivity index (χ1v) is 6.23. The average Bonchev–Trinajstić information content (AvgIpc) is 2.76. The molecule has 2 atom stereocenters. The van der Waals surface area contributed by atoms with Gasteiger partial charge in [0.05, 0.1) is 0 Å². The van der Waals surface area contributed by atoms with Crippen molar-refractivity contribution in [3.05, 3.63) is 0 Å². The second-order valence-electron chi connectivity index (χ2n) is 5.16. The molecule has 1 amide bonds. The van der Waals surface area contributed by atoms with Gasteiger partial charge >= 0.3 is 0 Å². The molecule has 0 radical (unpaired) electrons. The van der Waals surface area contributed by atoms with E-state index in [1.165, 1.54) is 25.7 Å². The van der Waals surface area contributed by atoms with E-state index < -0.39 is 12.1 Å². The molecule has 0 aromatic carbocycles. The number of aliphatic hydroxyl groups is 1. The van der Waals surface area contributed by atoms with E-state index >= 15 is 0 Å². The van der Waals surface area contributed by atoms with Gasteiger partial charge < -0.3 is 16.2 Å². The van der Waals surface area contributed by atoms with Gasteiger partial charge in [-0.25, -0.2) is 0 Å². The molecule has 0 heterocycles. The lowest BCUT2D eigenvalue weighted by Gasteiger charge is -2.22. The molecule has 4 nitrogen and oxygen atoms in total. The molecular weight excluding hydrogens is 204 g/mol. The molecule has 94 valence electrons. The maximum Gasteiger partial charge on any atom is 0.250 e. The zero-order chi connectivity index (χ0) is 12.1. The van der Waals surface area contributed by atoms with Crippen LogP contribution in [-0.4, -0.2) is 29.7 Å². The van der Waals surface area contributed by atoms with Crippen LogP contribution in [0.4, 0.5) is 0 Å². The monoisotopic (exact) mass is 228 g/mol. The molecule has 0 spiro atoms. The first kappa shape index (κ1) is 13.5. The maximum atomic E-state index is 11.6. The molecule has 0 bridgehead atoms. The topological polar surface area (TPSA) is 75.3 Å². The third-order valence-electron chi connectivity index (χ3n) is 3.44. The van der Waals surface area contributed by atoms with Gasteiger partial charge in [0.1, 0.15) is 6.10 Å². The van der Waals surface area contributed by atoms with Crippen molar-refractivity contribution in [2.75, 3.05) is 6.54 Å². The summed E-state index contributed by atoms with van der Waals surface area (Å²) in [7, 11) is 0. The van der Waals surface area contributed by atoms with Crippen LogP contribution in [0.2, 0.25) is 0 Å². The zero-order valence-corrected chi connectivity index (χ0v) is 10.3. The number of rotatable bonds is 5. The summed E-state index contributed by atoms with van der Waals surface area (Å²) in [6.45, 7) is 4.48. The third-order valence-corrected chi connectivity index (χ3v) is 3.44. The van der Waals surface area contributed by atoms with Crippen molar-refractivity contribution in [1.82, 2.24) is 5.32 Å². The van der Waals surface area contributed by atoms with Crippen LogP contribution in [0.15, 0.2) is 0 Å². The zero-order valence-electron chi connectivity index (χ0n) is 10.3. The molecule has 0 aromatic rings. The molecular formula is C12H24N2O2. The largest absolute Gasteiger partial charge is 0.382 e. The molecule has 0 aliphatic heterocycles. The number of nitrogens with two attached hydrogens (primary N) is 1. The lowest BCUT2D eigenvalue weighted by Crippen LogP contribution is -2.49. The van der Waals surface area contributed by atoms with E-state index in [2.05, 4.69) is 5.32 Å². The number of amides is 1. The molecule has 16 heavy (non-hydrogen) atoms. The summed E-state index contributed by atoms with van der Waals surface area (Å²) < 4.78 is 0. The summed E-state index contributed by atoms with van der Waals surface area (Å²) >= 11 is 0.